The lowest BCUT2D eigenvalue weighted by atomic mass is 9.94. The lowest BCUT2D eigenvalue weighted by molar-refractivity contribution is 0.214. The summed E-state index contributed by atoms with van der Waals surface area (Å²) in [7, 11) is 4.08. The van der Waals surface area contributed by atoms with Gasteiger partial charge in [-0.15, -0.1) is 0 Å². The number of nitrogens with zero attached hydrogens (tertiary/aromatic N) is 3. The van der Waals surface area contributed by atoms with E-state index in [-0.39, 0.29) is 11.9 Å². The van der Waals surface area contributed by atoms with E-state index in [2.05, 4.69) is 15.3 Å². The molecule has 0 bridgehead atoms. The largest absolute Gasteiger partial charge is 0.342 e. The van der Waals surface area contributed by atoms with Crippen LogP contribution in [-0.4, -0.2) is 48.8 Å². The molecule has 0 aliphatic carbocycles. The summed E-state index contributed by atoms with van der Waals surface area (Å²) >= 11 is 11.9. The number of carbonyl (C=O) groups excluding carboxylic acids is 1. The van der Waals surface area contributed by atoms with Crippen LogP contribution < -0.4 is 5.32 Å². The van der Waals surface area contributed by atoms with Gasteiger partial charge in [-0.25, -0.2) is 9.80 Å². The molecule has 1 aliphatic rings. The van der Waals surface area contributed by atoms with Gasteiger partial charge in [0.2, 0.25) is 0 Å². The van der Waals surface area contributed by atoms with Crippen molar-refractivity contribution in [1.82, 2.24) is 9.91 Å². The zero-order valence-corrected chi connectivity index (χ0v) is 16.8. The predicted octanol–water partition coefficient (Wildman–Crippen LogP) is 4.81. The molecule has 7 heteroatoms. The molecule has 0 radical (unpaired) electrons. The fourth-order valence-corrected chi connectivity index (χ4v) is 3.21. The molecule has 1 N–H and O–H groups in total. The van der Waals surface area contributed by atoms with Gasteiger partial charge in [0.1, 0.15) is 0 Å². The Morgan fingerprint density at radius 3 is 2.30 bits per heavy atom. The van der Waals surface area contributed by atoms with Crippen LogP contribution in [0.4, 0.5) is 10.5 Å². The highest BCUT2D eigenvalue weighted by atomic mass is 35.5. The number of halogens is 2. The van der Waals surface area contributed by atoms with Gasteiger partial charge in [-0.2, -0.15) is 5.10 Å². The molecule has 1 atom stereocenters. The fraction of sp³-hybridized carbons (Fsp3) is 0.300. The molecule has 142 valence electrons. The van der Waals surface area contributed by atoms with Gasteiger partial charge >= 0.3 is 6.03 Å². The van der Waals surface area contributed by atoms with Gasteiger partial charge in [0, 0.05) is 21.7 Å². The Kier molecular flexibility index (Phi) is 6.37. The molecule has 2 aromatic carbocycles. The number of carbonyl (C=O) groups is 1. The molecule has 0 saturated carbocycles. The van der Waals surface area contributed by atoms with Crippen LogP contribution in [0, 0.1) is 5.92 Å². The third kappa shape index (κ3) is 5.22. The maximum Gasteiger partial charge on any atom is 0.342 e. The van der Waals surface area contributed by atoms with Crippen LogP contribution in [0.5, 0.6) is 0 Å². The maximum atomic E-state index is 12.7. The number of hydrogen-bond donors (Lipinski definition) is 1. The summed E-state index contributed by atoms with van der Waals surface area (Å²) in [4.78, 5) is 14.8. The molecule has 1 heterocycles. The van der Waals surface area contributed by atoms with Crippen molar-refractivity contribution in [2.75, 3.05) is 32.5 Å². The predicted molar refractivity (Wildman–Crippen MR) is 112 cm³/mol. The van der Waals surface area contributed by atoms with Crippen molar-refractivity contribution in [2.24, 2.45) is 11.0 Å². The minimum absolute atomic E-state index is 0.171. The summed E-state index contributed by atoms with van der Waals surface area (Å²) in [6.45, 7) is 1.47. The maximum absolute atomic E-state index is 12.7. The third-order valence-corrected chi connectivity index (χ3v) is 4.91. The number of hydrogen-bond acceptors (Lipinski definition) is 3. The zero-order valence-electron chi connectivity index (χ0n) is 15.3. The summed E-state index contributed by atoms with van der Waals surface area (Å²) in [5, 5.41) is 10.3. The average Bonchev–Trinajstić information content (AvgIpc) is 3.07. The Bertz CT molecular complexity index is 819. The standard InChI is InChI=1S/C20H22Cl2N4O/c1-25(2)12-11-15-13-26(20(27)23-18-9-7-17(22)8-10-18)24-19(15)14-3-5-16(21)6-4-14/h3-10,15H,11-13H2,1-2H3,(H,23,27). The van der Waals surface area contributed by atoms with Crippen molar-refractivity contribution < 1.29 is 4.79 Å². The van der Waals surface area contributed by atoms with Crippen LogP contribution in [0.15, 0.2) is 53.6 Å². The topological polar surface area (TPSA) is 47.9 Å². The van der Waals surface area contributed by atoms with Gasteiger partial charge in [0.25, 0.3) is 0 Å². The van der Waals surface area contributed by atoms with E-state index in [0.717, 1.165) is 24.2 Å². The summed E-state index contributed by atoms with van der Waals surface area (Å²) in [6.07, 6.45) is 0.916. The summed E-state index contributed by atoms with van der Waals surface area (Å²) in [6, 6.07) is 14.4. The first-order valence-electron chi connectivity index (χ1n) is 8.75. The van der Waals surface area contributed by atoms with Gasteiger partial charge in [0.05, 0.1) is 12.3 Å². The van der Waals surface area contributed by atoms with Crippen LogP contribution in [0.1, 0.15) is 12.0 Å². The second-order valence-corrected chi connectivity index (χ2v) is 7.67. The van der Waals surface area contributed by atoms with Crippen LogP contribution in [0.3, 0.4) is 0 Å². The smallest absolute Gasteiger partial charge is 0.309 e. The number of urea groups is 1. The SMILES string of the molecule is CN(C)CCC1CN(C(=O)Nc2ccc(Cl)cc2)N=C1c1ccc(Cl)cc1. The number of rotatable bonds is 5. The molecule has 0 fully saturated rings. The van der Waals surface area contributed by atoms with E-state index in [1.165, 1.54) is 5.01 Å². The lowest BCUT2D eigenvalue weighted by Gasteiger charge is -2.17. The van der Waals surface area contributed by atoms with Crippen molar-refractivity contribution >= 4 is 40.6 Å². The minimum Gasteiger partial charge on any atom is -0.309 e. The summed E-state index contributed by atoms with van der Waals surface area (Å²) < 4.78 is 0. The average molecular weight is 405 g/mol. The van der Waals surface area contributed by atoms with Gasteiger partial charge in [0.15, 0.2) is 0 Å². The van der Waals surface area contributed by atoms with Crippen LogP contribution in [-0.2, 0) is 0 Å². The highest BCUT2D eigenvalue weighted by molar-refractivity contribution is 6.31. The Hall–Kier alpha value is -2.08. The van der Waals surface area contributed by atoms with Gasteiger partial charge in [-0.3, -0.25) is 0 Å². The van der Waals surface area contributed by atoms with E-state index in [4.69, 9.17) is 23.2 Å². The lowest BCUT2D eigenvalue weighted by Crippen LogP contribution is -2.31. The molecule has 27 heavy (non-hydrogen) atoms. The molecule has 0 aromatic heterocycles. The van der Waals surface area contributed by atoms with Crippen LogP contribution >= 0.6 is 23.2 Å². The van der Waals surface area contributed by atoms with E-state index in [1.54, 1.807) is 24.3 Å². The number of benzene rings is 2. The van der Waals surface area contributed by atoms with Crippen molar-refractivity contribution in [3.63, 3.8) is 0 Å². The van der Waals surface area contributed by atoms with Crippen LogP contribution in [0.25, 0.3) is 0 Å². The summed E-state index contributed by atoms with van der Waals surface area (Å²) in [5.74, 6) is 0.171. The first kappa shape index (κ1) is 19.7. The van der Waals surface area contributed by atoms with Gasteiger partial charge in [-0.05, 0) is 69.0 Å². The first-order chi connectivity index (χ1) is 12.9. The molecule has 5 nitrogen and oxygen atoms in total. The highest BCUT2D eigenvalue weighted by Crippen LogP contribution is 2.25. The van der Waals surface area contributed by atoms with E-state index in [9.17, 15) is 4.79 Å². The molecule has 1 aliphatic heterocycles. The molecule has 1 unspecified atom stereocenters. The fourth-order valence-electron chi connectivity index (χ4n) is 2.95. The van der Waals surface area contributed by atoms with E-state index in [1.807, 2.05) is 38.4 Å². The van der Waals surface area contributed by atoms with E-state index in [0.29, 0.717) is 22.3 Å². The number of anilines is 1. The Balaban J connectivity index is 1.77. The van der Waals surface area contributed by atoms with E-state index < -0.39 is 0 Å². The Morgan fingerprint density at radius 2 is 1.70 bits per heavy atom. The Labute approximate surface area is 169 Å². The van der Waals surface area contributed by atoms with Crippen molar-refractivity contribution in [2.45, 2.75) is 6.42 Å². The molecule has 3 rings (SSSR count). The van der Waals surface area contributed by atoms with Gasteiger partial charge in [-0.1, -0.05) is 35.3 Å². The monoisotopic (exact) mass is 404 g/mol. The number of nitrogens with one attached hydrogen (secondary N) is 1. The van der Waals surface area contributed by atoms with E-state index >= 15 is 0 Å². The molecule has 2 amide bonds. The molecule has 2 aromatic rings. The molecule has 0 saturated heterocycles. The number of hydrazone groups is 1. The summed E-state index contributed by atoms with van der Waals surface area (Å²) in [5.41, 5.74) is 2.59. The van der Waals surface area contributed by atoms with Crippen molar-refractivity contribution in [3.8, 4) is 0 Å². The molecule has 0 spiro atoms. The first-order valence-corrected chi connectivity index (χ1v) is 9.51. The van der Waals surface area contributed by atoms with Gasteiger partial charge < -0.3 is 10.2 Å². The van der Waals surface area contributed by atoms with Crippen LogP contribution in [0.2, 0.25) is 10.0 Å². The second-order valence-electron chi connectivity index (χ2n) is 6.80. The zero-order chi connectivity index (χ0) is 19.4. The molecular weight excluding hydrogens is 383 g/mol. The third-order valence-electron chi connectivity index (χ3n) is 4.40. The highest BCUT2D eigenvalue weighted by Gasteiger charge is 2.31. The normalized spacial score (nSPS) is 16.6. The van der Waals surface area contributed by atoms with Crippen molar-refractivity contribution in [1.29, 1.82) is 0 Å². The van der Waals surface area contributed by atoms with Crippen molar-refractivity contribution in [3.05, 3.63) is 64.1 Å². The quantitative estimate of drug-likeness (QED) is 0.776. The number of amides is 2. The Morgan fingerprint density at radius 1 is 1.11 bits per heavy atom. The second kappa shape index (κ2) is 8.74. The molecular formula is C20H22Cl2N4O. The minimum atomic E-state index is -0.254.